The van der Waals surface area contributed by atoms with Crippen molar-refractivity contribution in [3.8, 4) is 17.2 Å². The first-order chi connectivity index (χ1) is 11.5. The van der Waals surface area contributed by atoms with E-state index in [0.717, 1.165) is 14.9 Å². The summed E-state index contributed by atoms with van der Waals surface area (Å²) in [6, 6.07) is 3.94. The molecule has 0 aliphatic heterocycles. The standard InChI is InChI=1S/C15H19I2N4O3/c1-8(2)9-5-12(23-4-3-22)10(17-16)6-11(9)24-13-7-20-15(19)21-14(13)18/h5-8,22H,3-4H2,1-2H3,(H4,18,19,20,21)/q-1. The van der Waals surface area contributed by atoms with Gasteiger partial charge in [0.1, 0.15) is 0 Å². The molecule has 5 N–H and O–H groups in total. The molecule has 7 nitrogen and oxygen atoms in total. The van der Waals surface area contributed by atoms with Gasteiger partial charge in [-0.15, -0.1) is 0 Å². The van der Waals surface area contributed by atoms with Crippen molar-refractivity contribution in [1.29, 1.82) is 0 Å². The van der Waals surface area contributed by atoms with Gasteiger partial charge in [-0.05, 0) is 0 Å². The average molecular weight is 557 g/mol. The van der Waals surface area contributed by atoms with Gasteiger partial charge in [-0.3, -0.25) is 0 Å². The third-order valence-corrected chi connectivity index (χ3v) is 7.36. The fraction of sp³-hybridized carbons (Fsp3) is 0.333. The topological polar surface area (TPSA) is 117 Å². The predicted molar refractivity (Wildman–Crippen MR) is 96.8 cm³/mol. The minimum atomic E-state index is -0.268. The molecule has 0 radical (unpaired) electrons. The van der Waals surface area contributed by atoms with Crippen LogP contribution in [-0.2, 0) is 0 Å². The molecule has 0 atom stereocenters. The van der Waals surface area contributed by atoms with Crippen molar-refractivity contribution in [1.82, 2.24) is 9.97 Å². The van der Waals surface area contributed by atoms with E-state index in [1.165, 1.54) is 6.20 Å². The number of aliphatic hydroxyl groups excluding tert-OH is 1. The molecule has 2 rings (SSSR count). The molecular weight excluding hydrogens is 538 g/mol. The Bertz CT molecular complexity index is 713. The predicted octanol–water partition coefficient (Wildman–Crippen LogP) is -0.464. The fourth-order valence-electron chi connectivity index (χ4n) is 2.01. The van der Waals surface area contributed by atoms with Crippen LogP contribution in [0.15, 0.2) is 18.3 Å². The van der Waals surface area contributed by atoms with Gasteiger partial charge in [-0.1, -0.05) is 0 Å². The molecule has 0 unspecified atom stereocenters. The van der Waals surface area contributed by atoms with E-state index in [0.29, 0.717) is 11.5 Å². The van der Waals surface area contributed by atoms with E-state index >= 15 is 0 Å². The molecule has 132 valence electrons. The van der Waals surface area contributed by atoms with Crippen molar-refractivity contribution in [2.45, 2.75) is 19.8 Å². The Morgan fingerprint density at radius 2 is 2.00 bits per heavy atom. The van der Waals surface area contributed by atoms with Gasteiger partial charge in [-0.2, -0.15) is 0 Å². The van der Waals surface area contributed by atoms with Crippen LogP contribution in [0.4, 0.5) is 11.8 Å². The number of aromatic nitrogens is 2. The Balaban J connectivity index is 2.43. The van der Waals surface area contributed by atoms with Crippen LogP contribution in [0.2, 0.25) is 0 Å². The number of halogens is 2. The van der Waals surface area contributed by atoms with Crippen molar-refractivity contribution in [2.75, 3.05) is 24.7 Å². The van der Waals surface area contributed by atoms with E-state index in [4.69, 9.17) is 26.0 Å². The Morgan fingerprint density at radius 3 is 2.58 bits per heavy atom. The molecule has 2 aromatic rings. The molecule has 0 bridgehead atoms. The Hall–Kier alpha value is -1.08. The molecule has 0 saturated heterocycles. The van der Waals surface area contributed by atoms with E-state index in [9.17, 15) is 0 Å². The van der Waals surface area contributed by atoms with Gasteiger partial charge >= 0.3 is 161 Å². The summed E-state index contributed by atoms with van der Waals surface area (Å²) in [5.41, 5.74) is 12.4. The minimum absolute atomic E-state index is 0.0203. The quantitative estimate of drug-likeness (QED) is 0.395. The number of anilines is 2. The van der Waals surface area contributed by atoms with Crippen LogP contribution in [0.1, 0.15) is 25.3 Å². The van der Waals surface area contributed by atoms with Crippen molar-refractivity contribution in [2.24, 2.45) is 0 Å². The average Bonchev–Trinajstić information content (AvgIpc) is 2.55. The molecule has 1 aromatic carbocycles. The summed E-state index contributed by atoms with van der Waals surface area (Å²) in [5.74, 6) is 2.39. The first-order valence-electron chi connectivity index (χ1n) is 7.19. The number of hydrogen-bond donors (Lipinski definition) is 3. The van der Waals surface area contributed by atoms with Gasteiger partial charge in [0.2, 0.25) is 0 Å². The molecule has 0 aliphatic rings. The Kier molecular flexibility index (Phi) is 7.10. The van der Waals surface area contributed by atoms with Crippen LogP contribution in [0, 0.1) is 3.57 Å². The first-order valence-corrected chi connectivity index (χ1v) is 14.6. The van der Waals surface area contributed by atoms with Crippen LogP contribution in [0.25, 0.3) is 0 Å². The Morgan fingerprint density at radius 1 is 1.25 bits per heavy atom. The molecule has 1 heterocycles. The SMILES string of the molecule is CC(C)c1cc(OCCO)c([I-]I)cc1Oc1cnc(N)nc1N. The van der Waals surface area contributed by atoms with E-state index in [2.05, 4.69) is 42.4 Å². The summed E-state index contributed by atoms with van der Waals surface area (Å²) < 4.78 is 12.7. The second-order valence-electron chi connectivity index (χ2n) is 5.20. The third kappa shape index (κ3) is 4.72. The molecule has 9 heteroatoms. The van der Waals surface area contributed by atoms with Gasteiger partial charge < -0.3 is 0 Å². The number of benzene rings is 1. The zero-order chi connectivity index (χ0) is 17.7. The first kappa shape index (κ1) is 19.2. The van der Waals surface area contributed by atoms with Gasteiger partial charge in [0, 0.05) is 0 Å². The van der Waals surface area contributed by atoms with E-state index in [1.54, 1.807) is 0 Å². The summed E-state index contributed by atoms with van der Waals surface area (Å²) in [4.78, 5) is 7.84. The second kappa shape index (κ2) is 8.85. The zero-order valence-corrected chi connectivity index (χ0v) is 17.6. The molecule has 0 saturated carbocycles. The van der Waals surface area contributed by atoms with Gasteiger partial charge in [0.05, 0.1) is 0 Å². The summed E-state index contributed by atoms with van der Waals surface area (Å²) in [5, 5.41) is 8.99. The normalized spacial score (nSPS) is 11.0. The second-order valence-corrected chi connectivity index (χ2v) is 9.50. The van der Waals surface area contributed by atoms with Gasteiger partial charge in [0.15, 0.2) is 0 Å². The molecule has 24 heavy (non-hydrogen) atoms. The van der Waals surface area contributed by atoms with Crippen LogP contribution < -0.4 is 38.2 Å². The molecule has 0 aliphatic carbocycles. The summed E-state index contributed by atoms with van der Waals surface area (Å²) in [6.45, 7) is 4.39. The zero-order valence-electron chi connectivity index (χ0n) is 13.3. The van der Waals surface area contributed by atoms with E-state index in [-0.39, 0.29) is 48.1 Å². The van der Waals surface area contributed by atoms with Crippen molar-refractivity contribution >= 4 is 30.4 Å². The number of aliphatic hydroxyl groups is 1. The van der Waals surface area contributed by atoms with Crippen LogP contribution in [-0.4, -0.2) is 28.3 Å². The number of rotatable bonds is 7. The fourth-order valence-corrected chi connectivity index (χ4v) is 5.06. The van der Waals surface area contributed by atoms with Crippen molar-refractivity contribution in [3.05, 3.63) is 27.5 Å². The van der Waals surface area contributed by atoms with Gasteiger partial charge in [-0.25, -0.2) is 0 Å². The third-order valence-electron chi connectivity index (χ3n) is 3.13. The maximum atomic E-state index is 8.99. The summed E-state index contributed by atoms with van der Waals surface area (Å²) in [6.07, 6.45) is 1.47. The van der Waals surface area contributed by atoms with Crippen molar-refractivity contribution < 1.29 is 31.8 Å². The summed E-state index contributed by atoms with van der Waals surface area (Å²) >= 11 is 2.10. The van der Waals surface area contributed by atoms with Crippen LogP contribution in [0.5, 0.6) is 17.2 Å². The molecular formula is C15H19I2N4O3-. The molecule has 1 aromatic heterocycles. The maximum absolute atomic E-state index is 8.99. The number of ether oxygens (including phenoxy) is 2. The van der Waals surface area contributed by atoms with Crippen LogP contribution >= 0.6 is 18.6 Å². The Labute approximate surface area is 160 Å². The van der Waals surface area contributed by atoms with E-state index < -0.39 is 0 Å². The molecule has 0 spiro atoms. The molecule has 0 fully saturated rings. The van der Waals surface area contributed by atoms with E-state index in [1.807, 2.05) is 12.1 Å². The summed E-state index contributed by atoms with van der Waals surface area (Å²) in [7, 11) is 0. The monoisotopic (exact) mass is 557 g/mol. The number of hydrogen-bond acceptors (Lipinski definition) is 7. The number of nitrogens with two attached hydrogens (primary N) is 2. The van der Waals surface area contributed by atoms with Gasteiger partial charge in [0.25, 0.3) is 0 Å². The molecule has 0 amide bonds. The van der Waals surface area contributed by atoms with Crippen molar-refractivity contribution in [3.63, 3.8) is 0 Å². The number of nitrogen functional groups attached to an aromatic ring is 2. The van der Waals surface area contributed by atoms with Crippen LogP contribution in [0.3, 0.4) is 0 Å². The number of nitrogens with zero attached hydrogens (tertiary/aromatic N) is 2.